The van der Waals surface area contributed by atoms with Gasteiger partial charge in [-0.2, -0.15) is 0 Å². The van der Waals surface area contributed by atoms with Crippen LogP contribution in [0.2, 0.25) is 0 Å². The Hall–Kier alpha value is -0.710. The molecule has 3 atom stereocenters. The first kappa shape index (κ1) is 8.59. The van der Waals surface area contributed by atoms with Crippen LogP contribution in [-0.4, -0.2) is 36.5 Å². The fourth-order valence-electron chi connectivity index (χ4n) is 2.00. The van der Waals surface area contributed by atoms with Crippen molar-refractivity contribution in [3.63, 3.8) is 0 Å². The second-order valence-corrected chi connectivity index (χ2v) is 4.37. The molecule has 2 fully saturated rings. The Morgan fingerprint density at radius 2 is 2.21 bits per heavy atom. The molecule has 0 aromatic heterocycles. The maximum atomic E-state index is 11.3. The Bertz CT molecular complexity index is 331. The molecule has 2 saturated heterocycles. The van der Waals surface area contributed by atoms with Gasteiger partial charge in [-0.25, -0.2) is 0 Å². The highest BCUT2D eigenvalue weighted by Gasteiger charge is 2.56. The molecule has 3 rings (SSSR count). The molecule has 0 aromatic rings. The fourth-order valence-corrected chi connectivity index (χ4v) is 2.00. The van der Waals surface area contributed by atoms with Crippen molar-refractivity contribution in [3.05, 3.63) is 11.6 Å². The summed E-state index contributed by atoms with van der Waals surface area (Å²) in [4.78, 5) is 11.3. The zero-order valence-corrected chi connectivity index (χ0v) is 8.15. The summed E-state index contributed by atoms with van der Waals surface area (Å²) in [5.74, 6) is -0.521. The van der Waals surface area contributed by atoms with Crippen molar-refractivity contribution < 1.29 is 19.0 Å². The first-order chi connectivity index (χ1) is 6.57. The van der Waals surface area contributed by atoms with Gasteiger partial charge in [-0.15, -0.1) is 0 Å². The molecule has 0 amide bonds. The highest BCUT2D eigenvalue weighted by atomic mass is 16.7. The highest BCUT2D eigenvalue weighted by molar-refractivity contribution is 5.98. The average molecular weight is 196 g/mol. The van der Waals surface area contributed by atoms with Crippen molar-refractivity contribution in [3.8, 4) is 0 Å². The molecule has 0 radical (unpaired) electrons. The molecular formula is C10H12O4. The molecule has 4 heteroatoms. The topological polar surface area (TPSA) is 48.1 Å². The number of carbonyl (C=O) groups excluding carboxylic acids is 1. The van der Waals surface area contributed by atoms with Crippen molar-refractivity contribution >= 4 is 5.78 Å². The highest BCUT2D eigenvalue weighted by Crippen LogP contribution is 2.40. The molecule has 14 heavy (non-hydrogen) atoms. The van der Waals surface area contributed by atoms with Crippen LogP contribution in [0.4, 0.5) is 0 Å². The van der Waals surface area contributed by atoms with Gasteiger partial charge in [-0.05, 0) is 25.5 Å². The summed E-state index contributed by atoms with van der Waals surface area (Å²) < 4.78 is 16.4. The Kier molecular flexibility index (Phi) is 1.50. The predicted octanol–water partition coefficient (Wildman–Crippen LogP) is 0.414. The van der Waals surface area contributed by atoms with Crippen LogP contribution in [0, 0.1) is 0 Å². The fraction of sp³-hybridized carbons (Fsp3) is 0.700. The first-order valence-electron chi connectivity index (χ1n) is 4.78. The van der Waals surface area contributed by atoms with Crippen LogP contribution in [0.25, 0.3) is 0 Å². The van der Waals surface area contributed by atoms with Crippen molar-refractivity contribution in [1.82, 2.24) is 0 Å². The monoisotopic (exact) mass is 196 g/mol. The lowest BCUT2D eigenvalue weighted by Crippen LogP contribution is -2.46. The average Bonchev–Trinajstić information content (AvgIpc) is 2.86. The number of hydrogen-bond donors (Lipinski definition) is 0. The molecule has 0 spiro atoms. The van der Waals surface area contributed by atoms with E-state index in [9.17, 15) is 4.79 Å². The van der Waals surface area contributed by atoms with Crippen LogP contribution in [-0.2, 0) is 19.0 Å². The van der Waals surface area contributed by atoms with E-state index >= 15 is 0 Å². The smallest absolute Gasteiger partial charge is 0.187 e. The maximum Gasteiger partial charge on any atom is 0.187 e. The third kappa shape index (κ3) is 1.15. The lowest BCUT2D eigenvalue weighted by molar-refractivity contribution is -0.255. The standard InChI is InChI=1S/C10H12O4/c1-10(2)12-4-5-3-6(11)8-9(13-8)7(5)14-10/h3,7-9H,4H2,1-2H3/t7-,8-,9+/m0/s1. The summed E-state index contributed by atoms with van der Waals surface area (Å²) in [7, 11) is 0. The number of rotatable bonds is 0. The van der Waals surface area contributed by atoms with Crippen LogP contribution in [0.5, 0.6) is 0 Å². The molecule has 3 aliphatic rings. The minimum Gasteiger partial charge on any atom is -0.358 e. The van der Waals surface area contributed by atoms with Crippen molar-refractivity contribution in [1.29, 1.82) is 0 Å². The van der Waals surface area contributed by atoms with Gasteiger partial charge >= 0.3 is 0 Å². The van der Waals surface area contributed by atoms with Crippen LogP contribution < -0.4 is 0 Å². The zero-order chi connectivity index (χ0) is 9.92. The van der Waals surface area contributed by atoms with Crippen molar-refractivity contribution in [2.75, 3.05) is 6.61 Å². The van der Waals surface area contributed by atoms with Gasteiger partial charge in [0, 0.05) is 0 Å². The molecule has 0 N–H and O–H groups in total. The summed E-state index contributed by atoms with van der Waals surface area (Å²) in [6.07, 6.45) is 1.21. The predicted molar refractivity (Wildman–Crippen MR) is 46.7 cm³/mol. The third-order valence-electron chi connectivity index (χ3n) is 2.79. The van der Waals surface area contributed by atoms with E-state index in [0.29, 0.717) is 6.61 Å². The van der Waals surface area contributed by atoms with Crippen LogP contribution in [0.15, 0.2) is 11.6 Å². The lowest BCUT2D eigenvalue weighted by Gasteiger charge is -2.37. The molecule has 2 heterocycles. The number of ketones is 1. The Balaban J connectivity index is 1.90. The van der Waals surface area contributed by atoms with Gasteiger partial charge in [0.15, 0.2) is 11.6 Å². The maximum absolute atomic E-state index is 11.3. The van der Waals surface area contributed by atoms with Crippen LogP contribution >= 0.6 is 0 Å². The first-order valence-corrected chi connectivity index (χ1v) is 4.78. The molecule has 76 valence electrons. The van der Waals surface area contributed by atoms with Gasteiger partial charge in [0.1, 0.15) is 18.3 Å². The minimum absolute atomic E-state index is 0.0492. The molecule has 2 aliphatic heterocycles. The van der Waals surface area contributed by atoms with Gasteiger partial charge in [0.05, 0.1) is 6.61 Å². The van der Waals surface area contributed by atoms with Gasteiger partial charge in [0.2, 0.25) is 0 Å². The van der Waals surface area contributed by atoms with Gasteiger partial charge < -0.3 is 14.2 Å². The van der Waals surface area contributed by atoms with Crippen LogP contribution in [0.1, 0.15) is 13.8 Å². The SMILES string of the molecule is CC1(C)OCC2=CC(=O)[C@@H]3O[C@@H]3[C@H]2O1. The lowest BCUT2D eigenvalue weighted by atomic mass is 9.95. The molecular weight excluding hydrogens is 184 g/mol. The second-order valence-electron chi connectivity index (χ2n) is 4.37. The molecule has 1 aliphatic carbocycles. The number of fused-ring (bicyclic) bond motifs is 3. The molecule has 0 aromatic carbocycles. The van der Waals surface area contributed by atoms with E-state index in [1.54, 1.807) is 6.08 Å². The van der Waals surface area contributed by atoms with E-state index in [0.717, 1.165) is 5.57 Å². The largest absolute Gasteiger partial charge is 0.358 e. The van der Waals surface area contributed by atoms with E-state index < -0.39 is 5.79 Å². The number of epoxide rings is 1. The summed E-state index contributed by atoms with van der Waals surface area (Å²) >= 11 is 0. The summed E-state index contributed by atoms with van der Waals surface area (Å²) in [5, 5.41) is 0. The Morgan fingerprint density at radius 3 is 3.00 bits per heavy atom. The van der Waals surface area contributed by atoms with Crippen molar-refractivity contribution in [2.24, 2.45) is 0 Å². The molecule has 4 nitrogen and oxygen atoms in total. The summed E-state index contributed by atoms with van der Waals surface area (Å²) in [6, 6.07) is 0. The van der Waals surface area contributed by atoms with Crippen molar-refractivity contribution in [2.45, 2.75) is 37.9 Å². The zero-order valence-electron chi connectivity index (χ0n) is 8.15. The Labute approximate surface area is 81.8 Å². The number of hydrogen-bond acceptors (Lipinski definition) is 4. The van der Waals surface area contributed by atoms with E-state index in [2.05, 4.69) is 0 Å². The number of carbonyl (C=O) groups is 1. The van der Waals surface area contributed by atoms with E-state index in [1.165, 1.54) is 0 Å². The van der Waals surface area contributed by atoms with Crippen LogP contribution in [0.3, 0.4) is 0 Å². The third-order valence-corrected chi connectivity index (χ3v) is 2.79. The second kappa shape index (κ2) is 2.45. The summed E-state index contributed by atoms with van der Waals surface area (Å²) in [6.45, 7) is 4.21. The molecule has 0 bridgehead atoms. The summed E-state index contributed by atoms with van der Waals surface area (Å²) in [5.41, 5.74) is 0.910. The number of ether oxygens (including phenoxy) is 3. The normalized spacial score (nSPS) is 43.7. The van der Waals surface area contributed by atoms with Gasteiger partial charge in [0.25, 0.3) is 0 Å². The van der Waals surface area contributed by atoms with E-state index in [1.807, 2.05) is 13.8 Å². The van der Waals surface area contributed by atoms with Gasteiger partial charge in [-0.1, -0.05) is 0 Å². The van der Waals surface area contributed by atoms with E-state index in [-0.39, 0.29) is 24.1 Å². The minimum atomic E-state index is -0.571. The Morgan fingerprint density at radius 1 is 1.43 bits per heavy atom. The van der Waals surface area contributed by atoms with Gasteiger partial charge in [-0.3, -0.25) is 4.79 Å². The van der Waals surface area contributed by atoms with E-state index in [4.69, 9.17) is 14.2 Å². The molecule has 0 unspecified atom stereocenters. The quantitative estimate of drug-likeness (QED) is 0.527. The molecule has 0 saturated carbocycles.